The van der Waals surface area contributed by atoms with Crippen molar-refractivity contribution < 1.29 is 23.9 Å². The van der Waals surface area contributed by atoms with E-state index in [0.717, 1.165) is 12.8 Å². The van der Waals surface area contributed by atoms with Gasteiger partial charge < -0.3 is 14.5 Å². The Morgan fingerprint density at radius 3 is 1.14 bits per heavy atom. The van der Waals surface area contributed by atoms with Gasteiger partial charge in [0, 0.05) is 0 Å². The molecular formula is C23H47O5P. The van der Waals surface area contributed by atoms with Crippen molar-refractivity contribution in [3.8, 4) is 0 Å². The number of carbonyl (C=O) groups excluding carboxylic acids is 1. The maximum Gasteiger partial charge on any atom is 0.433 e. The van der Waals surface area contributed by atoms with Crippen LogP contribution in [0.25, 0.3) is 0 Å². The van der Waals surface area contributed by atoms with Gasteiger partial charge in [-0.2, -0.15) is 0 Å². The lowest BCUT2D eigenvalue weighted by atomic mass is 10.0. The highest BCUT2D eigenvalue weighted by Gasteiger charge is 2.27. The SMILES string of the molecule is CCCCCCCCCCCCCCCCCCCCCCOC(=O)P(=O)(O)O. The minimum absolute atomic E-state index is 0.100. The molecular weight excluding hydrogens is 387 g/mol. The molecule has 0 bridgehead atoms. The molecule has 0 saturated heterocycles. The van der Waals surface area contributed by atoms with E-state index in [0.29, 0.717) is 6.42 Å². The summed E-state index contributed by atoms with van der Waals surface area (Å²) in [5, 5.41) is 0. The van der Waals surface area contributed by atoms with Crippen LogP contribution in [0.3, 0.4) is 0 Å². The number of hydrogen-bond donors (Lipinski definition) is 2. The van der Waals surface area contributed by atoms with Gasteiger partial charge in [0.05, 0.1) is 6.61 Å². The molecule has 0 aromatic heterocycles. The summed E-state index contributed by atoms with van der Waals surface area (Å²) in [5.41, 5.74) is -1.41. The molecule has 0 heterocycles. The van der Waals surface area contributed by atoms with Gasteiger partial charge in [0.1, 0.15) is 0 Å². The molecule has 0 unspecified atom stereocenters. The van der Waals surface area contributed by atoms with Crippen molar-refractivity contribution in [1.29, 1.82) is 0 Å². The van der Waals surface area contributed by atoms with E-state index in [2.05, 4.69) is 11.7 Å². The molecule has 174 valence electrons. The van der Waals surface area contributed by atoms with Crippen molar-refractivity contribution in [1.82, 2.24) is 0 Å². The van der Waals surface area contributed by atoms with Gasteiger partial charge in [-0.3, -0.25) is 0 Å². The lowest BCUT2D eigenvalue weighted by Crippen LogP contribution is -2.04. The average molecular weight is 435 g/mol. The lowest BCUT2D eigenvalue weighted by Gasteiger charge is -2.05. The number of unbranched alkanes of at least 4 members (excludes halogenated alkanes) is 19. The van der Waals surface area contributed by atoms with Gasteiger partial charge in [0.25, 0.3) is 0 Å². The fraction of sp³-hybridized carbons (Fsp3) is 0.957. The summed E-state index contributed by atoms with van der Waals surface area (Å²) in [7, 11) is -4.71. The molecule has 0 atom stereocenters. The van der Waals surface area contributed by atoms with Crippen LogP contribution in [0, 0.1) is 0 Å². The first-order valence-electron chi connectivity index (χ1n) is 12.2. The molecule has 0 aromatic rings. The van der Waals surface area contributed by atoms with Crippen molar-refractivity contribution in [2.75, 3.05) is 6.61 Å². The standard InChI is InChI=1S/C23H47O5P/c1-2-3-4-5-6-7-8-9-10-11-12-13-14-15-16-17-18-19-20-21-22-28-23(24)29(25,26)27/h2-22H2,1H3,(H2,25,26,27). The topological polar surface area (TPSA) is 83.8 Å². The van der Waals surface area contributed by atoms with Crippen LogP contribution in [0.4, 0.5) is 4.79 Å². The Kier molecular flexibility index (Phi) is 20.6. The van der Waals surface area contributed by atoms with Gasteiger partial charge in [0.15, 0.2) is 0 Å². The van der Waals surface area contributed by atoms with Crippen molar-refractivity contribution in [2.24, 2.45) is 0 Å². The first kappa shape index (κ1) is 28.6. The van der Waals surface area contributed by atoms with Gasteiger partial charge in [-0.25, -0.2) is 9.36 Å². The molecule has 0 rings (SSSR count). The largest absolute Gasteiger partial charge is 0.457 e. The molecule has 0 spiro atoms. The molecule has 0 aliphatic carbocycles. The summed E-state index contributed by atoms with van der Waals surface area (Å²) < 4.78 is 15.1. The van der Waals surface area contributed by atoms with Crippen LogP contribution >= 0.6 is 7.60 Å². The van der Waals surface area contributed by atoms with Crippen LogP contribution in [0.5, 0.6) is 0 Å². The minimum atomic E-state index is -4.71. The van der Waals surface area contributed by atoms with E-state index in [-0.39, 0.29) is 6.61 Å². The number of carbonyl (C=O) groups is 1. The normalized spacial score (nSPS) is 11.7. The third-order valence-electron chi connectivity index (χ3n) is 5.46. The van der Waals surface area contributed by atoms with Gasteiger partial charge in [-0.15, -0.1) is 0 Å². The fourth-order valence-corrected chi connectivity index (χ4v) is 3.86. The second kappa shape index (κ2) is 20.9. The molecule has 0 radical (unpaired) electrons. The zero-order valence-electron chi connectivity index (χ0n) is 18.9. The highest BCUT2D eigenvalue weighted by molar-refractivity contribution is 7.69. The van der Waals surface area contributed by atoms with Crippen LogP contribution in [-0.4, -0.2) is 22.1 Å². The molecule has 29 heavy (non-hydrogen) atoms. The monoisotopic (exact) mass is 434 g/mol. The summed E-state index contributed by atoms with van der Waals surface area (Å²) in [6.45, 7) is 2.37. The van der Waals surface area contributed by atoms with E-state index in [9.17, 15) is 9.36 Å². The van der Waals surface area contributed by atoms with E-state index in [1.165, 1.54) is 109 Å². The Morgan fingerprint density at radius 2 is 0.862 bits per heavy atom. The molecule has 0 aromatic carbocycles. The smallest absolute Gasteiger partial charge is 0.433 e. The quantitative estimate of drug-likeness (QED) is 0.133. The Balaban J connectivity index is 3.10. The van der Waals surface area contributed by atoms with E-state index < -0.39 is 13.3 Å². The first-order valence-corrected chi connectivity index (χ1v) is 13.8. The second-order valence-corrected chi connectivity index (χ2v) is 9.83. The van der Waals surface area contributed by atoms with Crippen molar-refractivity contribution in [3.63, 3.8) is 0 Å². The molecule has 2 N–H and O–H groups in total. The first-order chi connectivity index (χ1) is 14.0. The Labute approximate surface area is 179 Å². The Morgan fingerprint density at radius 1 is 0.586 bits per heavy atom. The van der Waals surface area contributed by atoms with Crippen LogP contribution < -0.4 is 0 Å². The fourth-order valence-electron chi connectivity index (χ4n) is 3.60. The predicted octanol–water partition coefficient (Wildman–Crippen LogP) is 8.12. The summed E-state index contributed by atoms with van der Waals surface area (Å²) in [5.74, 6) is 0. The van der Waals surface area contributed by atoms with Crippen LogP contribution in [-0.2, 0) is 9.30 Å². The van der Waals surface area contributed by atoms with Gasteiger partial charge in [-0.1, -0.05) is 129 Å². The minimum Gasteiger partial charge on any atom is -0.457 e. The third-order valence-corrected chi connectivity index (χ3v) is 6.07. The number of rotatable bonds is 22. The summed E-state index contributed by atoms with van der Waals surface area (Å²) in [6.07, 6.45) is 26.0. The van der Waals surface area contributed by atoms with Crippen LogP contribution in [0.1, 0.15) is 135 Å². The average Bonchev–Trinajstić information content (AvgIpc) is 2.68. The van der Waals surface area contributed by atoms with Crippen molar-refractivity contribution >= 4 is 13.3 Å². The van der Waals surface area contributed by atoms with Gasteiger partial charge >= 0.3 is 13.3 Å². The third kappa shape index (κ3) is 22.1. The molecule has 0 saturated carbocycles. The van der Waals surface area contributed by atoms with E-state index in [1.54, 1.807) is 0 Å². The van der Waals surface area contributed by atoms with Crippen molar-refractivity contribution in [3.05, 3.63) is 0 Å². The van der Waals surface area contributed by atoms with Gasteiger partial charge in [-0.05, 0) is 6.42 Å². The van der Waals surface area contributed by atoms with Gasteiger partial charge in [0.2, 0.25) is 0 Å². The Hall–Kier alpha value is -0.380. The number of hydrogen-bond acceptors (Lipinski definition) is 3. The van der Waals surface area contributed by atoms with Crippen molar-refractivity contribution in [2.45, 2.75) is 135 Å². The molecule has 0 aliphatic heterocycles. The predicted molar refractivity (Wildman–Crippen MR) is 121 cm³/mol. The highest BCUT2D eigenvalue weighted by atomic mass is 31.2. The molecule has 0 aliphatic rings. The van der Waals surface area contributed by atoms with E-state index >= 15 is 0 Å². The summed E-state index contributed by atoms with van der Waals surface area (Å²) >= 11 is 0. The van der Waals surface area contributed by atoms with Crippen LogP contribution in [0.15, 0.2) is 0 Å². The molecule has 0 fully saturated rings. The van der Waals surface area contributed by atoms with E-state index in [1.807, 2.05) is 0 Å². The zero-order valence-corrected chi connectivity index (χ0v) is 19.8. The number of ether oxygens (including phenoxy) is 1. The zero-order chi connectivity index (χ0) is 21.6. The van der Waals surface area contributed by atoms with E-state index in [4.69, 9.17) is 9.79 Å². The highest BCUT2D eigenvalue weighted by Crippen LogP contribution is 2.36. The molecule has 0 amide bonds. The maximum absolute atomic E-state index is 10.9. The second-order valence-electron chi connectivity index (χ2n) is 8.38. The summed E-state index contributed by atoms with van der Waals surface area (Å²) in [6, 6.07) is 0. The Bertz CT molecular complexity index is 408. The van der Waals surface area contributed by atoms with Crippen LogP contribution in [0.2, 0.25) is 0 Å². The lowest BCUT2D eigenvalue weighted by molar-refractivity contribution is 0.160. The molecule has 5 nitrogen and oxygen atoms in total. The molecule has 6 heteroatoms. The maximum atomic E-state index is 10.9. The summed E-state index contributed by atoms with van der Waals surface area (Å²) in [4.78, 5) is 28.1.